The molecule has 3 rings (SSSR count). The Hall–Kier alpha value is -0.480. The lowest BCUT2D eigenvalue weighted by atomic mass is 9.79. The minimum absolute atomic E-state index is 0. The quantitative estimate of drug-likeness (QED) is 0.732. The zero-order valence-corrected chi connectivity index (χ0v) is 18.1. The van der Waals surface area contributed by atoms with E-state index >= 15 is 0 Å². The van der Waals surface area contributed by atoms with Crippen LogP contribution in [-0.4, -0.2) is 38.2 Å². The molecule has 0 unspecified atom stereocenters. The van der Waals surface area contributed by atoms with Gasteiger partial charge in [-0.3, -0.25) is 4.90 Å². The molecular formula is C21H36Cl2N2O. The van der Waals surface area contributed by atoms with Gasteiger partial charge in [0.25, 0.3) is 0 Å². The number of nitrogens with one attached hydrogen (secondary N) is 1. The summed E-state index contributed by atoms with van der Waals surface area (Å²) in [6.45, 7) is 9.08. The van der Waals surface area contributed by atoms with Gasteiger partial charge in [0.15, 0.2) is 0 Å². The molecule has 26 heavy (non-hydrogen) atoms. The molecule has 0 aromatic heterocycles. The summed E-state index contributed by atoms with van der Waals surface area (Å²) in [5.41, 5.74) is 2.86. The molecule has 1 saturated heterocycles. The summed E-state index contributed by atoms with van der Waals surface area (Å²) in [4.78, 5) is 2.72. The van der Waals surface area contributed by atoms with E-state index < -0.39 is 0 Å². The SMILES string of the molecule is COc1ccc(C(C)C)cc1[C@@H](C1CCCCC1)N1CCNCC1.Cl.Cl. The molecule has 0 spiro atoms. The normalized spacial score (nSPS) is 20.2. The average molecular weight is 403 g/mol. The Kier molecular flexibility index (Phi) is 10.3. The lowest BCUT2D eigenvalue weighted by Crippen LogP contribution is -2.47. The molecule has 1 atom stereocenters. The van der Waals surface area contributed by atoms with Gasteiger partial charge >= 0.3 is 0 Å². The van der Waals surface area contributed by atoms with Gasteiger partial charge < -0.3 is 10.1 Å². The molecule has 5 heteroatoms. The monoisotopic (exact) mass is 402 g/mol. The molecule has 1 aromatic rings. The third kappa shape index (κ3) is 5.51. The Bertz CT molecular complexity index is 509. The van der Waals surface area contributed by atoms with Gasteiger partial charge in [0.1, 0.15) is 5.75 Å². The molecule has 2 aliphatic rings. The number of hydrogen-bond donors (Lipinski definition) is 1. The van der Waals surface area contributed by atoms with Crippen LogP contribution in [0.5, 0.6) is 5.75 Å². The fourth-order valence-electron chi connectivity index (χ4n) is 4.50. The van der Waals surface area contributed by atoms with Gasteiger partial charge in [-0.25, -0.2) is 0 Å². The lowest BCUT2D eigenvalue weighted by molar-refractivity contribution is 0.101. The van der Waals surface area contributed by atoms with Gasteiger partial charge in [-0.15, -0.1) is 24.8 Å². The summed E-state index contributed by atoms with van der Waals surface area (Å²) in [7, 11) is 1.82. The minimum Gasteiger partial charge on any atom is -0.496 e. The van der Waals surface area contributed by atoms with E-state index in [1.807, 2.05) is 7.11 Å². The first-order valence-corrected chi connectivity index (χ1v) is 9.83. The molecule has 1 N–H and O–H groups in total. The number of piperazine rings is 1. The predicted octanol–water partition coefficient (Wildman–Crippen LogP) is 5.19. The standard InChI is InChI=1S/C21H34N2O.2ClH/c1-16(2)18-9-10-20(24-3)19(15-18)21(17-7-5-4-6-8-17)23-13-11-22-12-14-23;;/h9-10,15-17,21-22H,4-8,11-14H2,1-3H3;2*1H/t21-;;/m1../s1. The lowest BCUT2D eigenvalue weighted by Gasteiger charge is -2.41. The molecule has 3 nitrogen and oxygen atoms in total. The number of hydrogen-bond acceptors (Lipinski definition) is 3. The Labute approximate surface area is 172 Å². The molecular weight excluding hydrogens is 367 g/mol. The second kappa shape index (κ2) is 11.4. The molecule has 1 heterocycles. The van der Waals surface area contributed by atoms with Crippen molar-refractivity contribution >= 4 is 24.8 Å². The highest BCUT2D eigenvalue weighted by Crippen LogP contribution is 2.42. The molecule has 1 aromatic carbocycles. The van der Waals surface area contributed by atoms with Crippen molar-refractivity contribution in [3.05, 3.63) is 29.3 Å². The molecule has 150 valence electrons. The number of methoxy groups -OCH3 is 1. The van der Waals surface area contributed by atoms with E-state index in [2.05, 4.69) is 42.3 Å². The van der Waals surface area contributed by atoms with Crippen LogP contribution in [0, 0.1) is 5.92 Å². The van der Waals surface area contributed by atoms with Crippen LogP contribution in [-0.2, 0) is 0 Å². The van der Waals surface area contributed by atoms with Crippen molar-refractivity contribution in [2.75, 3.05) is 33.3 Å². The molecule has 0 bridgehead atoms. The summed E-state index contributed by atoms with van der Waals surface area (Å²) >= 11 is 0. The molecule has 1 saturated carbocycles. The van der Waals surface area contributed by atoms with Crippen molar-refractivity contribution in [2.24, 2.45) is 5.92 Å². The topological polar surface area (TPSA) is 24.5 Å². The fraction of sp³-hybridized carbons (Fsp3) is 0.714. The van der Waals surface area contributed by atoms with Crippen molar-refractivity contribution < 1.29 is 4.74 Å². The fourth-order valence-corrected chi connectivity index (χ4v) is 4.50. The van der Waals surface area contributed by atoms with E-state index in [4.69, 9.17) is 4.74 Å². The summed E-state index contributed by atoms with van der Waals surface area (Å²) in [6, 6.07) is 7.39. The Morgan fingerprint density at radius 2 is 1.69 bits per heavy atom. The maximum absolute atomic E-state index is 5.80. The van der Waals surface area contributed by atoms with Crippen LogP contribution in [0.25, 0.3) is 0 Å². The maximum atomic E-state index is 5.80. The first kappa shape index (κ1) is 23.6. The van der Waals surface area contributed by atoms with Crippen LogP contribution >= 0.6 is 24.8 Å². The van der Waals surface area contributed by atoms with E-state index in [1.54, 1.807) is 0 Å². The van der Waals surface area contributed by atoms with Crippen LogP contribution in [0.4, 0.5) is 0 Å². The van der Waals surface area contributed by atoms with Crippen molar-refractivity contribution in [3.8, 4) is 5.75 Å². The highest BCUT2D eigenvalue weighted by Gasteiger charge is 2.33. The highest BCUT2D eigenvalue weighted by molar-refractivity contribution is 5.85. The number of rotatable bonds is 5. The van der Waals surface area contributed by atoms with Crippen molar-refractivity contribution in [1.82, 2.24) is 10.2 Å². The van der Waals surface area contributed by atoms with Crippen LogP contribution < -0.4 is 10.1 Å². The summed E-state index contributed by atoms with van der Waals surface area (Å²) in [5, 5.41) is 3.51. The van der Waals surface area contributed by atoms with Gasteiger partial charge in [-0.1, -0.05) is 45.2 Å². The van der Waals surface area contributed by atoms with Gasteiger partial charge in [0.2, 0.25) is 0 Å². The summed E-state index contributed by atoms with van der Waals surface area (Å²) < 4.78 is 5.80. The van der Waals surface area contributed by atoms with Crippen molar-refractivity contribution in [1.29, 1.82) is 0 Å². The first-order valence-electron chi connectivity index (χ1n) is 9.83. The third-order valence-corrected chi connectivity index (χ3v) is 5.88. The minimum atomic E-state index is 0. The first-order chi connectivity index (χ1) is 11.7. The Balaban J connectivity index is 0.00000169. The zero-order valence-electron chi connectivity index (χ0n) is 16.5. The summed E-state index contributed by atoms with van der Waals surface area (Å²) in [5.74, 6) is 2.41. The average Bonchev–Trinajstić information content (AvgIpc) is 2.63. The van der Waals surface area contributed by atoms with Crippen molar-refractivity contribution in [2.45, 2.75) is 57.9 Å². The Morgan fingerprint density at radius 3 is 2.27 bits per heavy atom. The van der Waals surface area contributed by atoms with E-state index in [0.29, 0.717) is 12.0 Å². The zero-order chi connectivity index (χ0) is 16.9. The van der Waals surface area contributed by atoms with Crippen LogP contribution in [0.15, 0.2) is 18.2 Å². The van der Waals surface area contributed by atoms with E-state index in [1.165, 1.54) is 43.2 Å². The van der Waals surface area contributed by atoms with Gasteiger partial charge in [-0.05, 0) is 36.3 Å². The van der Waals surface area contributed by atoms with Gasteiger partial charge in [0.05, 0.1) is 7.11 Å². The molecule has 0 radical (unpaired) electrons. The molecule has 2 fully saturated rings. The van der Waals surface area contributed by atoms with E-state index in [9.17, 15) is 0 Å². The highest BCUT2D eigenvalue weighted by atomic mass is 35.5. The number of nitrogens with zero attached hydrogens (tertiary/aromatic N) is 1. The predicted molar refractivity (Wildman–Crippen MR) is 115 cm³/mol. The molecule has 0 amide bonds. The smallest absolute Gasteiger partial charge is 0.123 e. The molecule has 1 aliphatic carbocycles. The van der Waals surface area contributed by atoms with E-state index in [0.717, 1.165) is 37.8 Å². The van der Waals surface area contributed by atoms with Gasteiger partial charge in [-0.2, -0.15) is 0 Å². The van der Waals surface area contributed by atoms with Crippen molar-refractivity contribution in [3.63, 3.8) is 0 Å². The summed E-state index contributed by atoms with van der Waals surface area (Å²) in [6.07, 6.45) is 6.92. The molecule has 1 aliphatic heterocycles. The number of benzene rings is 1. The van der Waals surface area contributed by atoms with Crippen LogP contribution in [0.2, 0.25) is 0 Å². The number of halogens is 2. The number of ether oxygens (including phenoxy) is 1. The van der Waals surface area contributed by atoms with Crippen LogP contribution in [0.3, 0.4) is 0 Å². The maximum Gasteiger partial charge on any atom is 0.123 e. The Morgan fingerprint density at radius 1 is 1.04 bits per heavy atom. The van der Waals surface area contributed by atoms with E-state index in [-0.39, 0.29) is 24.8 Å². The second-order valence-electron chi connectivity index (χ2n) is 7.78. The van der Waals surface area contributed by atoms with Crippen LogP contribution in [0.1, 0.15) is 69.0 Å². The largest absolute Gasteiger partial charge is 0.496 e. The third-order valence-electron chi connectivity index (χ3n) is 5.88. The second-order valence-corrected chi connectivity index (χ2v) is 7.78. The van der Waals surface area contributed by atoms with Gasteiger partial charge in [0, 0.05) is 37.8 Å².